The Morgan fingerprint density at radius 1 is 1.03 bits per heavy atom. The van der Waals surface area contributed by atoms with E-state index in [1.807, 2.05) is 6.07 Å². The zero-order chi connectivity index (χ0) is 23.7. The van der Waals surface area contributed by atoms with E-state index in [0.29, 0.717) is 0 Å². The van der Waals surface area contributed by atoms with Crippen LogP contribution in [0.4, 0.5) is 4.79 Å². The summed E-state index contributed by atoms with van der Waals surface area (Å²) < 4.78 is 26.3. The van der Waals surface area contributed by atoms with Crippen LogP contribution >= 0.6 is 0 Å². The van der Waals surface area contributed by atoms with E-state index in [1.165, 1.54) is 6.92 Å². The Labute approximate surface area is 184 Å². The van der Waals surface area contributed by atoms with Gasteiger partial charge in [0.15, 0.2) is 0 Å². The number of alkyl carbamates (subject to hydrolysis) is 1. The number of rotatable bonds is 8. The number of carbonyl (C=O) groups excluding carboxylic acids is 4. The topological polar surface area (TPSA) is 147 Å². The quantitative estimate of drug-likeness (QED) is 0.428. The van der Waals surface area contributed by atoms with Crippen LogP contribution in [0.25, 0.3) is 0 Å². The smallest absolute Gasteiger partial charge is 0.407 e. The highest BCUT2D eigenvalue weighted by molar-refractivity contribution is 5.69. The molecule has 1 aromatic rings. The second-order valence-corrected chi connectivity index (χ2v) is 7.11. The molecule has 5 atom stereocenters. The summed E-state index contributed by atoms with van der Waals surface area (Å²) in [5.41, 5.74) is 0.770. The zero-order valence-corrected chi connectivity index (χ0v) is 18.0. The molecule has 0 radical (unpaired) electrons. The molecule has 1 aromatic carbocycles. The predicted octanol–water partition coefficient (Wildman–Crippen LogP) is 0.815. The Morgan fingerprint density at radius 3 is 2.22 bits per heavy atom. The summed E-state index contributed by atoms with van der Waals surface area (Å²) in [4.78, 5) is 46.8. The van der Waals surface area contributed by atoms with Crippen LogP contribution in [-0.4, -0.2) is 66.4 Å². The molecule has 1 heterocycles. The first-order chi connectivity index (χ1) is 15.2. The molecule has 32 heavy (non-hydrogen) atoms. The van der Waals surface area contributed by atoms with Crippen molar-refractivity contribution in [2.24, 2.45) is 0 Å². The minimum absolute atomic E-state index is 0.0109. The van der Waals surface area contributed by atoms with Crippen LogP contribution in [-0.2, 0) is 44.7 Å². The average Bonchev–Trinajstić information content (AvgIpc) is 2.72. The van der Waals surface area contributed by atoms with Gasteiger partial charge < -0.3 is 34.1 Å². The molecule has 1 amide bonds. The van der Waals surface area contributed by atoms with Gasteiger partial charge in [-0.3, -0.25) is 14.4 Å². The van der Waals surface area contributed by atoms with Crippen molar-refractivity contribution in [3.05, 3.63) is 35.9 Å². The number of benzene rings is 1. The van der Waals surface area contributed by atoms with Crippen molar-refractivity contribution in [1.82, 2.24) is 5.32 Å². The maximum atomic E-state index is 12.2. The molecular weight excluding hydrogens is 426 g/mol. The molecule has 11 nitrogen and oxygen atoms in total. The summed E-state index contributed by atoms with van der Waals surface area (Å²) in [5.74, 6) is -2.09. The summed E-state index contributed by atoms with van der Waals surface area (Å²) in [6, 6.07) is 7.99. The van der Waals surface area contributed by atoms with E-state index in [-0.39, 0.29) is 13.0 Å². The summed E-state index contributed by atoms with van der Waals surface area (Å²) in [6.07, 6.45) is -5.51. The molecule has 1 aliphatic rings. The third-order valence-electron chi connectivity index (χ3n) is 4.47. The van der Waals surface area contributed by atoms with E-state index < -0.39 is 61.3 Å². The minimum Gasteiger partial charge on any atom is -0.458 e. The van der Waals surface area contributed by atoms with Gasteiger partial charge in [-0.05, 0) is 5.56 Å². The van der Waals surface area contributed by atoms with Crippen LogP contribution in [0.3, 0.4) is 0 Å². The number of ether oxygens (including phenoxy) is 5. The van der Waals surface area contributed by atoms with Crippen LogP contribution in [0, 0.1) is 0 Å². The molecule has 0 aromatic heterocycles. The van der Waals surface area contributed by atoms with Crippen LogP contribution in [0.15, 0.2) is 30.3 Å². The maximum Gasteiger partial charge on any atom is 0.407 e. The highest BCUT2D eigenvalue weighted by atomic mass is 16.7. The highest BCUT2D eigenvalue weighted by Crippen LogP contribution is 2.28. The van der Waals surface area contributed by atoms with E-state index in [1.54, 1.807) is 24.3 Å². The molecule has 0 saturated carbocycles. The number of nitrogens with one attached hydrogen (secondary N) is 1. The normalized spacial score (nSPS) is 23.4. The van der Waals surface area contributed by atoms with Crippen molar-refractivity contribution in [2.75, 3.05) is 6.61 Å². The Balaban J connectivity index is 2.11. The Hall–Kier alpha value is -3.18. The van der Waals surface area contributed by atoms with Crippen molar-refractivity contribution in [3.63, 3.8) is 0 Å². The summed E-state index contributed by atoms with van der Waals surface area (Å²) in [6.45, 7) is 2.89. The average molecular weight is 453 g/mol. The number of aliphatic hydroxyl groups excluding tert-OH is 1. The third kappa shape index (κ3) is 7.82. The van der Waals surface area contributed by atoms with Crippen LogP contribution in [0.1, 0.15) is 32.8 Å². The van der Waals surface area contributed by atoms with Gasteiger partial charge in [0, 0.05) is 27.2 Å². The van der Waals surface area contributed by atoms with Gasteiger partial charge in [-0.25, -0.2) is 4.79 Å². The second-order valence-electron chi connectivity index (χ2n) is 7.11. The van der Waals surface area contributed by atoms with Crippen molar-refractivity contribution in [2.45, 2.75) is 64.4 Å². The van der Waals surface area contributed by atoms with Crippen molar-refractivity contribution in [3.8, 4) is 0 Å². The van der Waals surface area contributed by atoms with Gasteiger partial charge in [-0.2, -0.15) is 0 Å². The fourth-order valence-electron chi connectivity index (χ4n) is 3.18. The van der Waals surface area contributed by atoms with Crippen molar-refractivity contribution >= 4 is 24.0 Å². The summed E-state index contributed by atoms with van der Waals surface area (Å²) in [5, 5.41) is 12.3. The number of aliphatic hydroxyl groups is 1. The van der Waals surface area contributed by atoms with Gasteiger partial charge in [0.1, 0.15) is 12.7 Å². The van der Waals surface area contributed by atoms with Gasteiger partial charge >= 0.3 is 24.0 Å². The molecule has 2 rings (SSSR count). The van der Waals surface area contributed by atoms with E-state index >= 15 is 0 Å². The molecule has 1 saturated heterocycles. The predicted molar refractivity (Wildman–Crippen MR) is 107 cm³/mol. The SMILES string of the molecule is CC(=O)OC1O[C@H]([C@@H](CO)NC(=O)OCc2ccccc2)C[C@@H](OC(C)=O)[C@H]1OC(C)=O. The van der Waals surface area contributed by atoms with Crippen LogP contribution in [0.2, 0.25) is 0 Å². The molecule has 1 aliphatic heterocycles. The molecule has 0 bridgehead atoms. The first-order valence-corrected chi connectivity index (χ1v) is 9.94. The van der Waals surface area contributed by atoms with E-state index in [9.17, 15) is 24.3 Å². The molecule has 1 unspecified atom stereocenters. The molecule has 176 valence electrons. The fourth-order valence-corrected chi connectivity index (χ4v) is 3.18. The van der Waals surface area contributed by atoms with Crippen LogP contribution < -0.4 is 5.32 Å². The van der Waals surface area contributed by atoms with E-state index in [2.05, 4.69) is 5.32 Å². The standard InChI is InChI=1S/C21H27NO10/c1-12(24)29-18-9-17(32-20(31-14(3)26)19(18)30-13(2)25)16(10-23)22-21(27)28-11-15-7-5-4-6-8-15/h4-8,16-20,23H,9-11H2,1-3H3,(H,22,27)/t16-,17+,18-,19-,20?/m1/s1. The fraction of sp³-hybridized carbons (Fsp3) is 0.524. The van der Waals surface area contributed by atoms with E-state index in [4.69, 9.17) is 23.7 Å². The van der Waals surface area contributed by atoms with Gasteiger partial charge in [-0.1, -0.05) is 30.3 Å². The van der Waals surface area contributed by atoms with Gasteiger partial charge in [0.25, 0.3) is 0 Å². The summed E-state index contributed by atoms with van der Waals surface area (Å²) >= 11 is 0. The zero-order valence-electron chi connectivity index (χ0n) is 18.0. The van der Waals surface area contributed by atoms with Crippen molar-refractivity contribution in [1.29, 1.82) is 0 Å². The number of hydrogen-bond donors (Lipinski definition) is 2. The number of amides is 1. The molecule has 0 aliphatic carbocycles. The molecular formula is C21H27NO10. The first kappa shape index (κ1) is 25.1. The highest BCUT2D eigenvalue weighted by Gasteiger charge is 2.47. The van der Waals surface area contributed by atoms with Gasteiger partial charge in [-0.15, -0.1) is 0 Å². The molecule has 0 spiro atoms. The lowest BCUT2D eigenvalue weighted by Crippen LogP contribution is -2.59. The van der Waals surface area contributed by atoms with Gasteiger partial charge in [0.05, 0.1) is 18.8 Å². The summed E-state index contributed by atoms with van der Waals surface area (Å²) in [7, 11) is 0. The Morgan fingerprint density at radius 2 is 1.66 bits per heavy atom. The Bertz CT molecular complexity index is 773. The number of esters is 3. The molecule has 11 heteroatoms. The Kier molecular flexibility index (Phi) is 9.41. The third-order valence-corrected chi connectivity index (χ3v) is 4.47. The number of carbonyl (C=O) groups is 4. The lowest BCUT2D eigenvalue weighted by molar-refractivity contribution is -0.270. The van der Waals surface area contributed by atoms with Crippen molar-refractivity contribution < 1.29 is 48.0 Å². The minimum atomic E-state index is -1.42. The lowest BCUT2D eigenvalue weighted by Gasteiger charge is -2.41. The van der Waals surface area contributed by atoms with E-state index in [0.717, 1.165) is 19.4 Å². The van der Waals surface area contributed by atoms with Crippen LogP contribution in [0.5, 0.6) is 0 Å². The molecule has 2 N–H and O–H groups in total. The maximum absolute atomic E-state index is 12.2. The number of hydrogen-bond acceptors (Lipinski definition) is 10. The first-order valence-electron chi connectivity index (χ1n) is 9.94. The second kappa shape index (κ2) is 12.0. The lowest BCUT2D eigenvalue weighted by atomic mass is 9.97. The van der Waals surface area contributed by atoms with Gasteiger partial charge in [0.2, 0.25) is 12.4 Å². The monoisotopic (exact) mass is 453 g/mol. The molecule has 1 fully saturated rings. The largest absolute Gasteiger partial charge is 0.458 e.